The Kier molecular flexibility index (Phi) is 6.97. The van der Waals surface area contributed by atoms with Gasteiger partial charge in [0.15, 0.2) is 0 Å². The molecular formula is C33H33Cl2FN4O3. The van der Waals surface area contributed by atoms with Gasteiger partial charge in [-0.3, -0.25) is 9.69 Å². The Balaban J connectivity index is 1.36. The van der Waals surface area contributed by atoms with Gasteiger partial charge in [-0.25, -0.2) is 9.18 Å². The highest BCUT2D eigenvalue weighted by atomic mass is 35.5. The minimum atomic E-state index is -1.04. The van der Waals surface area contributed by atoms with Crippen LogP contribution in [0, 0.1) is 18.7 Å². The van der Waals surface area contributed by atoms with Crippen LogP contribution in [0.2, 0.25) is 10.0 Å². The van der Waals surface area contributed by atoms with Crippen molar-refractivity contribution in [3.63, 3.8) is 0 Å². The molecule has 3 aromatic carbocycles. The van der Waals surface area contributed by atoms with E-state index in [4.69, 9.17) is 33.7 Å². The minimum Gasteiger partial charge on any atom is -0.465 e. The maximum atomic E-state index is 16.0. The number of hydrogen-bond acceptors (Lipinski definition) is 6. The zero-order valence-electron chi connectivity index (χ0n) is 23.9. The number of nitrogens with two attached hydrogens (primary N) is 1. The second-order valence-electron chi connectivity index (χ2n) is 12.4. The molecule has 3 fully saturated rings. The van der Waals surface area contributed by atoms with E-state index in [1.54, 1.807) is 24.3 Å². The van der Waals surface area contributed by atoms with Crippen molar-refractivity contribution in [3.8, 4) is 0 Å². The molecule has 7 rings (SSSR count). The third-order valence-corrected chi connectivity index (χ3v) is 10.5. The van der Waals surface area contributed by atoms with E-state index < -0.39 is 23.2 Å². The zero-order chi connectivity index (χ0) is 30.2. The number of amides is 1. The fraction of sp³-hybridized carbons (Fsp3) is 0.394. The molecule has 1 aliphatic carbocycles. The summed E-state index contributed by atoms with van der Waals surface area (Å²) in [6.07, 6.45) is 3.29. The summed E-state index contributed by atoms with van der Waals surface area (Å²) >= 11 is 12.6. The molecule has 7 nitrogen and oxygen atoms in total. The summed E-state index contributed by atoms with van der Waals surface area (Å²) < 4.78 is 21.0. The SMILES string of the molecule is COC(=O)c1cc(N)c(C2C[C@H]3[C@@H](N2)[C@H](c2cccc(Cl)c2F)[C@@]2(Cc4ccc(Cl)cc4NC2=O)N3CC2CC2)cc1C. The number of carbonyl (C=O) groups is 2. The van der Waals surface area contributed by atoms with Gasteiger partial charge in [-0.15, -0.1) is 0 Å². The Labute approximate surface area is 259 Å². The Morgan fingerprint density at radius 1 is 1.16 bits per heavy atom. The van der Waals surface area contributed by atoms with Crippen LogP contribution in [0.1, 0.15) is 63.8 Å². The molecule has 10 heteroatoms. The molecule has 1 spiro atoms. The molecule has 43 heavy (non-hydrogen) atoms. The van der Waals surface area contributed by atoms with E-state index in [0.717, 1.165) is 36.1 Å². The van der Waals surface area contributed by atoms with E-state index >= 15 is 4.39 Å². The third kappa shape index (κ3) is 4.53. The van der Waals surface area contributed by atoms with Crippen LogP contribution in [-0.4, -0.2) is 48.1 Å². The predicted octanol–water partition coefficient (Wildman–Crippen LogP) is 6.02. The molecule has 4 N–H and O–H groups in total. The number of nitrogens with zero attached hydrogens (tertiary/aromatic N) is 1. The van der Waals surface area contributed by atoms with Crippen molar-refractivity contribution < 1.29 is 18.7 Å². The smallest absolute Gasteiger partial charge is 0.338 e. The van der Waals surface area contributed by atoms with E-state index in [2.05, 4.69) is 15.5 Å². The third-order valence-electron chi connectivity index (χ3n) is 9.92. The van der Waals surface area contributed by atoms with Crippen LogP contribution in [0.15, 0.2) is 48.5 Å². The van der Waals surface area contributed by atoms with E-state index in [-0.39, 0.29) is 29.1 Å². The molecule has 2 saturated heterocycles. The van der Waals surface area contributed by atoms with Crippen molar-refractivity contribution in [1.82, 2.24) is 10.2 Å². The lowest BCUT2D eigenvalue weighted by Gasteiger charge is -2.46. The number of likely N-dealkylation sites (tertiary alicyclic amines) is 1. The van der Waals surface area contributed by atoms with Crippen molar-refractivity contribution in [1.29, 1.82) is 0 Å². The van der Waals surface area contributed by atoms with Crippen LogP contribution in [0.4, 0.5) is 15.8 Å². The topological polar surface area (TPSA) is 96.7 Å². The Morgan fingerprint density at radius 3 is 2.70 bits per heavy atom. The van der Waals surface area contributed by atoms with Crippen LogP contribution in [-0.2, 0) is 16.0 Å². The molecule has 0 bridgehead atoms. The highest BCUT2D eigenvalue weighted by Crippen LogP contribution is 2.56. The number of aryl methyl sites for hydroxylation is 1. The van der Waals surface area contributed by atoms with Gasteiger partial charge in [0.1, 0.15) is 11.4 Å². The Bertz CT molecular complexity index is 1660. The van der Waals surface area contributed by atoms with Crippen molar-refractivity contribution in [2.45, 2.75) is 62.2 Å². The van der Waals surface area contributed by atoms with Crippen LogP contribution in [0.3, 0.4) is 0 Å². The number of benzene rings is 3. The van der Waals surface area contributed by atoms with Gasteiger partial charge < -0.3 is 21.1 Å². The molecule has 1 unspecified atom stereocenters. The van der Waals surface area contributed by atoms with Crippen molar-refractivity contribution in [2.24, 2.45) is 5.92 Å². The molecule has 5 atom stereocenters. The number of carbonyl (C=O) groups excluding carboxylic acids is 2. The highest BCUT2D eigenvalue weighted by molar-refractivity contribution is 6.31. The lowest BCUT2D eigenvalue weighted by Crippen LogP contribution is -2.61. The summed E-state index contributed by atoms with van der Waals surface area (Å²) in [5.41, 5.74) is 10.1. The minimum absolute atomic E-state index is 0.0288. The molecule has 3 heterocycles. The first-order valence-electron chi connectivity index (χ1n) is 14.7. The van der Waals surface area contributed by atoms with Crippen LogP contribution >= 0.6 is 23.2 Å². The van der Waals surface area contributed by atoms with E-state index in [1.807, 2.05) is 25.1 Å². The number of nitrogen functional groups attached to an aromatic ring is 1. The van der Waals surface area contributed by atoms with Crippen LogP contribution in [0.5, 0.6) is 0 Å². The lowest BCUT2D eigenvalue weighted by atomic mass is 9.71. The highest BCUT2D eigenvalue weighted by Gasteiger charge is 2.67. The summed E-state index contributed by atoms with van der Waals surface area (Å²) in [6, 6.07) is 13.7. The number of halogens is 3. The fourth-order valence-corrected chi connectivity index (χ4v) is 8.15. The second-order valence-corrected chi connectivity index (χ2v) is 13.3. The van der Waals surface area contributed by atoms with Crippen molar-refractivity contribution in [3.05, 3.63) is 92.2 Å². The number of ether oxygens (including phenoxy) is 1. The van der Waals surface area contributed by atoms with Crippen LogP contribution in [0.25, 0.3) is 0 Å². The lowest BCUT2D eigenvalue weighted by molar-refractivity contribution is -0.129. The Hall–Kier alpha value is -3.17. The van der Waals surface area contributed by atoms with E-state index in [0.29, 0.717) is 46.3 Å². The normalized spacial score (nSPS) is 28.1. The molecule has 4 aliphatic rings. The number of esters is 1. The standard InChI is InChI=1S/C33H33Cl2FN4O3/c1-16-10-22(24(37)12-21(16)31(41)43-2)26-13-27-30(38-26)28(20-4-3-5-23(35)29(20)36)33(40(27)15-17-6-7-17)14-18-8-9-19(34)11-25(18)39-32(33)42/h3-5,8-12,17,26-28,30,38H,6-7,13-15,37H2,1-2H3,(H,39,42)/t26?,27-,28-,30+,33+/m0/s1. The zero-order valence-corrected chi connectivity index (χ0v) is 25.4. The second kappa shape index (κ2) is 10.5. The first-order chi connectivity index (χ1) is 20.6. The van der Waals surface area contributed by atoms with Gasteiger partial charge in [0.25, 0.3) is 0 Å². The van der Waals surface area contributed by atoms with Gasteiger partial charge in [-0.1, -0.05) is 47.5 Å². The first kappa shape index (κ1) is 28.6. The molecular weight excluding hydrogens is 590 g/mol. The van der Waals surface area contributed by atoms with Crippen molar-refractivity contribution >= 4 is 46.5 Å². The Morgan fingerprint density at radius 2 is 1.95 bits per heavy atom. The van der Waals surface area contributed by atoms with Gasteiger partial charge in [0.05, 0.1) is 17.7 Å². The number of hydrogen-bond donors (Lipinski definition) is 3. The summed E-state index contributed by atoms with van der Waals surface area (Å²) in [7, 11) is 1.35. The largest absolute Gasteiger partial charge is 0.465 e. The van der Waals surface area contributed by atoms with Gasteiger partial charge >= 0.3 is 5.97 Å². The van der Waals surface area contributed by atoms with E-state index in [9.17, 15) is 9.59 Å². The quantitative estimate of drug-likeness (QED) is 0.238. The number of methoxy groups -OCH3 is 1. The predicted molar refractivity (Wildman–Crippen MR) is 165 cm³/mol. The van der Waals surface area contributed by atoms with Crippen LogP contribution < -0.4 is 16.4 Å². The number of nitrogens with one attached hydrogen (secondary N) is 2. The van der Waals surface area contributed by atoms with Gasteiger partial charge in [0, 0.05) is 53.4 Å². The monoisotopic (exact) mass is 622 g/mol. The van der Waals surface area contributed by atoms with Gasteiger partial charge in [0.2, 0.25) is 5.91 Å². The average molecular weight is 624 g/mol. The first-order valence-corrected chi connectivity index (χ1v) is 15.4. The summed E-state index contributed by atoms with van der Waals surface area (Å²) in [6.45, 7) is 2.60. The van der Waals surface area contributed by atoms with E-state index in [1.165, 1.54) is 13.2 Å². The molecule has 3 aromatic rings. The molecule has 224 valence electrons. The maximum absolute atomic E-state index is 16.0. The summed E-state index contributed by atoms with van der Waals surface area (Å²) in [5.74, 6) is -1.16. The average Bonchev–Trinajstić information content (AvgIpc) is 3.65. The molecule has 1 saturated carbocycles. The van der Waals surface area contributed by atoms with Gasteiger partial charge in [-0.05, 0) is 78.6 Å². The molecule has 0 radical (unpaired) electrons. The number of rotatable bonds is 5. The maximum Gasteiger partial charge on any atom is 0.338 e. The number of anilines is 2. The summed E-state index contributed by atoms with van der Waals surface area (Å²) in [5, 5.41) is 7.52. The molecule has 3 aliphatic heterocycles. The van der Waals surface area contributed by atoms with Crippen molar-refractivity contribution in [2.75, 3.05) is 24.7 Å². The fourth-order valence-electron chi connectivity index (χ4n) is 7.80. The molecule has 1 amide bonds. The van der Waals surface area contributed by atoms with Gasteiger partial charge in [-0.2, -0.15) is 0 Å². The summed E-state index contributed by atoms with van der Waals surface area (Å²) in [4.78, 5) is 29.1. The number of fused-ring (bicyclic) bond motifs is 2. The molecule has 0 aromatic heterocycles.